The zero-order valence-corrected chi connectivity index (χ0v) is 16.7. The first-order valence-corrected chi connectivity index (χ1v) is 9.55. The molecule has 0 amide bonds. The number of nitrogens with zero attached hydrogens (tertiary/aromatic N) is 2. The fraction of sp³-hybridized carbons (Fsp3) is 0.130. The topological polar surface area (TPSA) is 58.0 Å². The molecule has 4 rings (SSSR count). The van der Waals surface area contributed by atoms with E-state index in [-0.39, 0.29) is 16.3 Å². The first kappa shape index (κ1) is 19.2. The van der Waals surface area contributed by atoms with Crippen LogP contribution in [0.15, 0.2) is 60.7 Å². The quantitative estimate of drug-likeness (QED) is 0.439. The maximum atomic E-state index is 14.8. The second-order valence-electron chi connectivity index (χ2n) is 6.90. The van der Waals surface area contributed by atoms with E-state index in [1.54, 1.807) is 24.3 Å². The van der Waals surface area contributed by atoms with E-state index in [4.69, 9.17) is 11.6 Å². The number of rotatable bonds is 4. The maximum Gasteiger partial charge on any atom is 0.147 e. The normalized spacial score (nSPS) is 12.1. The predicted molar refractivity (Wildman–Crippen MR) is 114 cm³/mol. The Morgan fingerprint density at radius 2 is 1.66 bits per heavy atom. The van der Waals surface area contributed by atoms with Crippen LogP contribution in [0.3, 0.4) is 0 Å². The Bertz CT molecular complexity index is 1190. The van der Waals surface area contributed by atoms with E-state index in [0.717, 1.165) is 16.8 Å². The van der Waals surface area contributed by atoms with E-state index in [1.807, 2.05) is 44.2 Å². The Hall–Kier alpha value is -3.18. The average molecular weight is 408 g/mol. The highest BCUT2D eigenvalue weighted by atomic mass is 35.5. The van der Waals surface area contributed by atoms with Crippen molar-refractivity contribution >= 4 is 28.3 Å². The molecule has 0 spiro atoms. The standard InChI is InChI=1S/C23H19ClFN3O/c1-13-5-3-8-19(26-13)28-22(20-17(24)6-4-7-18(20)25)16-12-11-15-10-9-14(2)27-21(15)23(16)29/h3-12,22,29H,1-2H3,(H,26,28). The van der Waals surface area contributed by atoms with Gasteiger partial charge in [0.2, 0.25) is 0 Å². The third-order valence-corrected chi connectivity index (χ3v) is 5.12. The molecule has 6 heteroatoms. The van der Waals surface area contributed by atoms with Gasteiger partial charge in [-0.15, -0.1) is 0 Å². The second-order valence-corrected chi connectivity index (χ2v) is 7.31. The molecule has 0 saturated carbocycles. The lowest BCUT2D eigenvalue weighted by Crippen LogP contribution is -2.16. The lowest BCUT2D eigenvalue weighted by molar-refractivity contribution is 0.470. The van der Waals surface area contributed by atoms with Crippen molar-refractivity contribution in [2.75, 3.05) is 5.32 Å². The minimum absolute atomic E-state index is 0.0179. The van der Waals surface area contributed by atoms with Gasteiger partial charge in [0.25, 0.3) is 0 Å². The van der Waals surface area contributed by atoms with Crippen LogP contribution in [-0.2, 0) is 0 Å². The maximum absolute atomic E-state index is 14.8. The minimum atomic E-state index is -0.760. The molecule has 1 unspecified atom stereocenters. The summed E-state index contributed by atoms with van der Waals surface area (Å²) in [7, 11) is 0. The molecule has 2 aromatic carbocycles. The van der Waals surface area contributed by atoms with Gasteiger partial charge in [-0.25, -0.2) is 14.4 Å². The molecule has 1 atom stereocenters. The summed E-state index contributed by atoms with van der Waals surface area (Å²) in [5.74, 6) is 0.0565. The highest BCUT2D eigenvalue weighted by Gasteiger charge is 2.25. The SMILES string of the molecule is Cc1cccc(NC(c2ccc3ccc(C)nc3c2O)c2c(F)cccc2Cl)n1. The second kappa shape index (κ2) is 7.68. The van der Waals surface area contributed by atoms with Crippen LogP contribution in [0, 0.1) is 19.7 Å². The van der Waals surface area contributed by atoms with Crippen molar-refractivity contribution in [3.63, 3.8) is 0 Å². The van der Waals surface area contributed by atoms with E-state index in [2.05, 4.69) is 15.3 Å². The first-order valence-electron chi connectivity index (χ1n) is 9.17. The number of phenolic OH excluding ortho intramolecular Hbond substituents is 1. The van der Waals surface area contributed by atoms with Crippen molar-refractivity contribution in [3.05, 3.63) is 94.0 Å². The number of hydrogen-bond acceptors (Lipinski definition) is 4. The molecule has 4 aromatic rings. The van der Waals surface area contributed by atoms with Crippen molar-refractivity contribution in [3.8, 4) is 5.75 Å². The monoisotopic (exact) mass is 407 g/mol. The molecule has 2 N–H and O–H groups in total. The van der Waals surface area contributed by atoms with Gasteiger partial charge in [0.1, 0.15) is 22.9 Å². The molecule has 0 saturated heterocycles. The molecule has 2 heterocycles. The van der Waals surface area contributed by atoms with Crippen LogP contribution >= 0.6 is 11.6 Å². The lowest BCUT2D eigenvalue weighted by Gasteiger charge is -2.23. The third kappa shape index (κ3) is 3.74. The molecule has 0 fully saturated rings. The zero-order chi connectivity index (χ0) is 20.5. The van der Waals surface area contributed by atoms with Crippen LogP contribution in [0.5, 0.6) is 5.75 Å². The van der Waals surface area contributed by atoms with Crippen LogP contribution in [0.2, 0.25) is 5.02 Å². The molecule has 0 radical (unpaired) electrons. The number of hydrogen-bond donors (Lipinski definition) is 2. The largest absolute Gasteiger partial charge is 0.505 e. The van der Waals surface area contributed by atoms with Crippen LogP contribution < -0.4 is 5.32 Å². The molecule has 0 aliphatic rings. The summed E-state index contributed by atoms with van der Waals surface area (Å²) in [5, 5.41) is 15.3. The third-order valence-electron chi connectivity index (χ3n) is 4.79. The number of nitrogens with one attached hydrogen (secondary N) is 1. The lowest BCUT2D eigenvalue weighted by atomic mass is 9.95. The van der Waals surface area contributed by atoms with Gasteiger partial charge in [0, 0.05) is 32.9 Å². The highest BCUT2D eigenvalue weighted by molar-refractivity contribution is 6.31. The fourth-order valence-electron chi connectivity index (χ4n) is 3.38. The number of benzene rings is 2. The van der Waals surface area contributed by atoms with Gasteiger partial charge < -0.3 is 10.4 Å². The Balaban J connectivity index is 1.93. The molecular weight excluding hydrogens is 389 g/mol. The Labute approximate surface area is 173 Å². The van der Waals surface area contributed by atoms with Crippen molar-refractivity contribution in [2.45, 2.75) is 19.9 Å². The number of aryl methyl sites for hydroxylation is 2. The molecule has 29 heavy (non-hydrogen) atoms. The Kier molecular flexibility index (Phi) is 5.07. The van der Waals surface area contributed by atoms with Crippen molar-refractivity contribution in [1.29, 1.82) is 0 Å². The zero-order valence-electron chi connectivity index (χ0n) is 15.9. The summed E-state index contributed by atoms with van der Waals surface area (Å²) in [4.78, 5) is 8.91. The first-order chi connectivity index (χ1) is 13.9. The van der Waals surface area contributed by atoms with E-state index in [0.29, 0.717) is 16.9 Å². The van der Waals surface area contributed by atoms with Crippen LogP contribution in [0.1, 0.15) is 28.6 Å². The number of halogens is 2. The molecule has 4 nitrogen and oxygen atoms in total. The minimum Gasteiger partial charge on any atom is -0.505 e. The van der Waals surface area contributed by atoms with Gasteiger partial charge in [-0.1, -0.05) is 41.9 Å². The molecule has 0 aliphatic heterocycles. The summed E-state index contributed by atoms with van der Waals surface area (Å²) in [6.07, 6.45) is 0. The molecule has 146 valence electrons. The average Bonchev–Trinajstić information content (AvgIpc) is 2.68. The highest BCUT2D eigenvalue weighted by Crippen LogP contribution is 2.39. The summed E-state index contributed by atoms with van der Waals surface area (Å²) in [6, 6.07) is 16.7. The summed E-state index contributed by atoms with van der Waals surface area (Å²) < 4.78 is 14.8. The fourth-order valence-corrected chi connectivity index (χ4v) is 3.66. The van der Waals surface area contributed by atoms with Gasteiger partial charge in [-0.05, 0) is 44.2 Å². The smallest absolute Gasteiger partial charge is 0.147 e. The molecule has 0 bridgehead atoms. The summed E-state index contributed by atoms with van der Waals surface area (Å²) in [5.41, 5.74) is 2.75. The van der Waals surface area contributed by atoms with Gasteiger partial charge in [0.05, 0.1) is 6.04 Å². The van der Waals surface area contributed by atoms with Gasteiger partial charge in [0.15, 0.2) is 0 Å². The number of phenols is 1. The van der Waals surface area contributed by atoms with Crippen LogP contribution in [0.25, 0.3) is 10.9 Å². The van der Waals surface area contributed by atoms with E-state index < -0.39 is 11.9 Å². The van der Waals surface area contributed by atoms with Crippen molar-refractivity contribution < 1.29 is 9.50 Å². The molecular formula is C23H19ClFN3O. The number of anilines is 1. The molecule has 2 aromatic heterocycles. The molecule has 0 aliphatic carbocycles. The van der Waals surface area contributed by atoms with Gasteiger partial charge >= 0.3 is 0 Å². The van der Waals surface area contributed by atoms with Gasteiger partial charge in [-0.2, -0.15) is 0 Å². The summed E-state index contributed by atoms with van der Waals surface area (Å²) in [6.45, 7) is 3.72. The summed E-state index contributed by atoms with van der Waals surface area (Å²) >= 11 is 6.37. The van der Waals surface area contributed by atoms with Crippen LogP contribution in [0.4, 0.5) is 10.2 Å². The number of fused-ring (bicyclic) bond motifs is 1. The van der Waals surface area contributed by atoms with Gasteiger partial charge in [-0.3, -0.25) is 0 Å². The van der Waals surface area contributed by atoms with E-state index in [1.165, 1.54) is 6.07 Å². The van der Waals surface area contributed by atoms with Crippen LogP contribution in [-0.4, -0.2) is 15.1 Å². The number of aromatic hydroxyl groups is 1. The van der Waals surface area contributed by atoms with Crippen molar-refractivity contribution in [2.24, 2.45) is 0 Å². The van der Waals surface area contributed by atoms with E-state index >= 15 is 0 Å². The predicted octanol–water partition coefficient (Wildman–Crippen LogP) is 5.95. The van der Waals surface area contributed by atoms with Crippen molar-refractivity contribution in [1.82, 2.24) is 9.97 Å². The van der Waals surface area contributed by atoms with E-state index in [9.17, 15) is 9.50 Å². The Morgan fingerprint density at radius 1 is 0.931 bits per heavy atom. The number of aromatic nitrogens is 2. The Morgan fingerprint density at radius 3 is 2.41 bits per heavy atom. The number of pyridine rings is 2.